The van der Waals surface area contributed by atoms with Gasteiger partial charge >= 0.3 is 0 Å². The fraction of sp³-hybridized carbons (Fsp3) is 0.600. The number of nitrogens with zero attached hydrogens (tertiary/aromatic N) is 2. The summed E-state index contributed by atoms with van der Waals surface area (Å²) in [5, 5.41) is 3.49. The predicted octanol–water partition coefficient (Wildman–Crippen LogP) is 2.89. The number of halogens is 1. The summed E-state index contributed by atoms with van der Waals surface area (Å²) < 4.78 is 1.12. The molecular weight excluding hydrogens is 302 g/mol. The Hall–Kier alpha value is -0.580. The molecule has 0 aliphatic carbocycles. The van der Waals surface area contributed by atoms with Gasteiger partial charge in [-0.25, -0.2) is 0 Å². The van der Waals surface area contributed by atoms with Crippen LogP contribution in [0.1, 0.15) is 13.8 Å². The monoisotopic (exact) mass is 325 g/mol. The largest absolute Gasteiger partial charge is 0.384 e. The van der Waals surface area contributed by atoms with Crippen LogP contribution < -0.4 is 5.32 Å². The van der Waals surface area contributed by atoms with Crippen LogP contribution in [0.4, 0.5) is 5.69 Å². The molecule has 3 nitrogen and oxygen atoms in total. The van der Waals surface area contributed by atoms with Gasteiger partial charge in [-0.05, 0) is 39.1 Å². The second-order valence-corrected chi connectivity index (χ2v) is 6.86. The van der Waals surface area contributed by atoms with Gasteiger partial charge in [0.25, 0.3) is 0 Å². The molecule has 0 atom stereocenters. The highest BCUT2D eigenvalue weighted by atomic mass is 79.9. The Morgan fingerprint density at radius 1 is 1.32 bits per heavy atom. The lowest BCUT2D eigenvalue weighted by molar-refractivity contribution is 0.0423. The van der Waals surface area contributed by atoms with Crippen LogP contribution in [-0.2, 0) is 0 Å². The molecule has 1 fully saturated rings. The van der Waals surface area contributed by atoms with E-state index < -0.39 is 0 Å². The van der Waals surface area contributed by atoms with Gasteiger partial charge in [0.1, 0.15) is 0 Å². The average molecular weight is 326 g/mol. The number of rotatable bonds is 4. The zero-order valence-corrected chi connectivity index (χ0v) is 13.7. The molecule has 0 aromatic heterocycles. The maximum atomic E-state index is 3.50. The van der Waals surface area contributed by atoms with E-state index in [1.807, 2.05) is 6.07 Å². The fourth-order valence-corrected chi connectivity index (χ4v) is 2.89. The van der Waals surface area contributed by atoms with E-state index in [-0.39, 0.29) is 5.54 Å². The molecule has 1 aromatic carbocycles. The van der Waals surface area contributed by atoms with Gasteiger partial charge in [0.2, 0.25) is 0 Å². The number of piperazine rings is 1. The van der Waals surface area contributed by atoms with E-state index in [1.165, 1.54) is 12.2 Å². The van der Waals surface area contributed by atoms with Crippen LogP contribution in [-0.4, -0.2) is 55.1 Å². The number of nitrogens with one attached hydrogen (secondary N) is 1. The van der Waals surface area contributed by atoms with Crippen molar-refractivity contribution in [1.29, 1.82) is 0 Å². The predicted molar refractivity (Wildman–Crippen MR) is 85.8 cm³/mol. The summed E-state index contributed by atoms with van der Waals surface area (Å²) in [6.07, 6.45) is 0. The van der Waals surface area contributed by atoms with Crippen LogP contribution in [0.25, 0.3) is 0 Å². The van der Waals surface area contributed by atoms with E-state index in [0.717, 1.165) is 30.7 Å². The molecule has 0 bridgehead atoms. The summed E-state index contributed by atoms with van der Waals surface area (Å²) in [6.45, 7) is 10.2. The van der Waals surface area contributed by atoms with Crippen molar-refractivity contribution in [3.63, 3.8) is 0 Å². The van der Waals surface area contributed by atoms with Gasteiger partial charge in [-0.2, -0.15) is 0 Å². The number of anilines is 1. The molecular formula is C15H24BrN3. The highest BCUT2D eigenvalue weighted by molar-refractivity contribution is 9.10. The smallest absolute Gasteiger partial charge is 0.0351 e. The summed E-state index contributed by atoms with van der Waals surface area (Å²) in [6, 6.07) is 8.34. The normalized spacial score (nSPS) is 20.4. The lowest BCUT2D eigenvalue weighted by atomic mass is 10.00. The molecule has 1 aromatic rings. The van der Waals surface area contributed by atoms with E-state index in [9.17, 15) is 0 Å². The van der Waals surface area contributed by atoms with Crippen molar-refractivity contribution in [2.75, 3.05) is 45.1 Å². The summed E-state index contributed by atoms with van der Waals surface area (Å²) in [5.41, 5.74) is 1.47. The first-order valence-corrected chi connectivity index (χ1v) is 7.70. The van der Waals surface area contributed by atoms with Crippen LogP contribution in [0.3, 0.4) is 0 Å². The number of hydrogen-bond acceptors (Lipinski definition) is 3. The van der Waals surface area contributed by atoms with Crippen molar-refractivity contribution >= 4 is 21.6 Å². The quantitative estimate of drug-likeness (QED) is 0.918. The van der Waals surface area contributed by atoms with Crippen molar-refractivity contribution in [1.82, 2.24) is 9.80 Å². The molecule has 0 radical (unpaired) electrons. The topological polar surface area (TPSA) is 18.5 Å². The Labute approximate surface area is 125 Å². The van der Waals surface area contributed by atoms with Crippen LogP contribution in [0.5, 0.6) is 0 Å². The third-order valence-corrected chi connectivity index (χ3v) is 4.47. The molecule has 1 aliphatic rings. The van der Waals surface area contributed by atoms with E-state index in [4.69, 9.17) is 0 Å². The summed E-state index contributed by atoms with van der Waals surface area (Å²) in [4.78, 5) is 5.00. The third kappa shape index (κ3) is 4.20. The molecule has 19 heavy (non-hydrogen) atoms. The first-order valence-electron chi connectivity index (χ1n) is 6.90. The molecule has 4 heteroatoms. The van der Waals surface area contributed by atoms with E-state index in [0.29, 0.717) is 0 Å². The van der Waals surface area contributed by atoms with Crippen molar-refractivity contribution in [2.24, 2.45) is 0 Å². The van der Waals surface area contributed by atoms with Gasteiger partial charge in [0.15, 0.2) is 0 Å². The standard InChI is InChI=1S/C15H24BrN3/c1-15(2)12-19(10-9-18(15)3)8-7-17-14-6-4-5-13(16)11-14/h4-6,11,17H,7-10,12H2,1-3H3. The molecule has 0 amide bonds. The maximum Gasteiger partial charge on any atom is 0.0351 e. The Kier molecular flexibility index (Phi) is 4.87. The molecule has 106 valence electrons. The highest BCUT2D eigenvalue weighted by Crippen LogP contribution is 2.19. The van der Waals surface area contributed by atoms with Crippen molar-refractivity contribution in [3.8, 4) is 0 Å². The van der Waals surface area contributed by atoms with E-state index in [1.54, 1.807) is 0 Å². The first kappa shape index (κ1) is 14.8. The van der Waals surface area contributed by atoms with Gasteiger partial charge in [-0.15, -0.1) is 0 Å². The molecule has 1 aliphatic heterocycles. The number of likely N-dealkylation sites (N-methyl/N-ethyl adjacent to an activating group) is 1. The van der Waals surface area contributed by atoms with Crippen LogP contribution in [0.15, 0.2) is 28.7 Å². The Bertz CT molecular complexity index is 420. The molecule has 1 N–H and O–H groups in total. The van der Waals surface area contributed by atoms with Gasteiger partial charge in [0.05, 0.1) is 0 Å². The van der Waals surface area contributed by atoms with Crippen LogP contribution in [0.2, 0.25) is 0 Å². The van der Waals surface area contributed by atoms with Gasteiger partial charge < -0.3 is 5.32 Å². The minimum atomic E-state index is 0.286. The van der Waals surface area contributed by atoms with E-state index in [2.05, 4.69) is 70.1 Å². The Balaban J connectivity index is 1.77. The molecule has 2 rings (SSSR count). The zero-order valence-electron chi connectivity index (χ0n) is 12.1. The summed E-state index contributed by atoms with van der Waals surface area (Å²) in [5.74, 6) is 0. The van der Waals surface area contributed by atoms with Gasteiger partial charge in [-0.3, -0.25) is 9.80 Å². The second kappa shape index (κ2) is 6.25. The minimum absolute atomic E-state index is 0.286. The second-order valence-electron chi connectivity index (χ2n) is 5.95. The Morgan fingerprint density at radius 3 is 2.79 bits per heavy atom. The minimum Gasteiger partial charge on any atom is -0.384 e. The molecule has 0 unspecified atom stereocenters. The van der Waals surface area contributed by atoms with Gasteiger partial charge in [0, 0.05) is 48.4 Å². The van der Waals surface area contributed by atoms with Crippen LogP contribution in [0, 0.1) is 0 Å². The summed E-state index contributed by atoms with van der Waals surface area (Å²) in [7, 11) is 2.22. The summed E-state index contributed by atoms with van der Waals surface area (Å²) >= 11 is 3.50. The lowest BCUT2D eigenvalue weighted by Gasteiger charge is -2.45. The van der Waals surface area contributed by atoms with E-state index >= 15 is 0 Å². The third-order valence-electron chi connectivity index (χ3n) is 3.98. The molecule has 1 heterocycles. The molecule has 1 saturated heterocycles. The van der Waals surface area contributed by atoms with Crippen LogP contribution >= 0.6 is 15.9 Å². The SMILES string of the molecule is CN1CCN(CCNc2cccc(Br)c2)CC1(C)C. The molecule has 0 spiro atoms. The van der Waals surface area contributed by atoms with Crippen molar-refractivity contribution in [2.45, 2.75) is 19.4 Å². The number of benzene rings is 1. The highest BCUT2D eigenvalue weighted by Gasteiger charge is 2.30. The number of hydrogen-bond donors (Lipinski definition) is 1. The van der Waals surface area contributed by atoms with Gasteiger partial charge in [-0.1, -0.05) is 22.0 Å². The van der Waals surface area contributed by atoms with Crippen molar-refractivity contribution < 1.29 is 0 Å². The molecule has 0 saturated carbocycles. The first-order chi connectivity index (χ1) is 8.97. The Morgan fingerprint density at radius 2 is 2.11 bits per heavy atom. The van der Waals surface area contributed by atoms with Crippen molar-refractivity contribution in [3.05, 3.63) is 28.7 Å². The lowest BCUT2D eigenvalue weighted by Crippen LogP contribution is -2.58. The zero-order chi connectivity index (χ0) is 13.9. The fourth-order valence-electron chi connectivity index (χ4n) is 2.49. The maximum absolute atomic E-state index is 3.50. The average Bonchev–Trinajstić information content (AvgIpc) is 2.33.